The van der Waals surface area contributed by atoms with Crippen molar-refractivity contribution in [2.45, 2.75) is 13.3 Å². The number of anilines is 1. The smallest absolute Gasteiger partial charge is 0.212 e. The van der Waals surface area contributed by atoms with Crippen molar-refractivity contribution < 1.29 is 0 Å². The van der Waals surface area contributed by atoms with E-state index in [1.807, 2.05) is 36.4 Å². The van der Waals surface area contributed by atoms with Gasteiger partial charge in [0.25, 0.3) is 0 Å². The number of aromatic nitrogens is 2. The van der Waals surface area contributed by atoms with Crippen LogP contribution in [0.25, 0.3) is 10.6 Å². The highest BCUT2D eigenvalue weighted by Gasteiger charge is 2.09. The van der Waals surface area contributed by atoms with Crippen LogP contribution in [0.4, 0.5) is 5.13 Å². The molecule has 0 amide bonds. The van der Waals surface area contributed by atoms with Crippen molar-refractivity contribution >= 4 is 34.8 Å². The molecule has 0 radical (unpaired) electrons. The maximum Gasteiger partial charge on any atom is 0.212 e. The topological polar surface area (TPSA) is 76.2 Å². The second-order valence-corrected chi connectivity index (χ2v) is 6.33. The molecular formula is C18H20ClN5S. The average molecular weight is 374 g/mol. The van der Waals surface area contributed by atoms with Crippen molar-refractivity contribution in [2.75, 3.05) is 11.9 Å². The van der Waals surface area contributed by atoms with Gasteiger partial charge in [-0.2, -0.15) is 0 Å². The second-order valence-electron chi connectivity index (χ2n) is 5.35. The number of nitrogens with one attached hydrogen (secondary N) is 1. The fourth-order valence-corrected chi connectivity index (χ4v) is 3.14. The summed E-state index contributed by atoms with van der Waals surface area (Å²) in [6.07, 6.45) is 0.855. The Kier molecular flexibility index (Phi) is 6.91. The zero-order chi connectivity index (χ0) is 16.8. The van der Waals surface area contributed by atoms with Gasteiger partial charge in [-0.3, -0.25) is 4.99 Å². The number of nitrogens with two attached hydrogens (primary N) is 1. The van der Waals surface area contributed by atoms with E-state index in [1.54, 1.807) is 0 Å². The van der Waals surface area contributed by atoms with Crippen LogP contribution in [-0.2, 0) is 6.42 Å². The van der Waals surface area contributed by atoms with Gasteiger partial charge in [-0.1, -0.05) is 65.9 Å². The van der Waals surface area contributed by atoms with Crippen LogP contribution in [0.1, 0.15) is 11.1 Å². The Balaban J connectivity index is 0.00000225. The number of aliphatic imine (C=N–C) groups is 1. The predicted octanol–water partition coefficient (Wildman–Crippen LogP) is 3.90. The Morgan fingerprint density at radius 3 is 2.56 bits per heavy atom. The van der Waals surface area contributed by atoms with E-state index in [9.17, 15) is 0 Å². The highest BCUT2D eigenvalue weighted by Crippen LogP contribution is 2.28. The summed E-state index contributed by atoms with van der Waals surface area (Å²) in [7, 11) is 0. The Morgan fingerprint density at radius 1 is 1.08 bits per heavy atom. The van der Waals surface area contributed by atoms with Crippen LogP contribution in [0, 0.1) is 6.92 Å². The Hall–Kier alpha value is -2.44. The van der Waals surface area contributed by atoms with Crippen LogP contribution in [-0.4, -0.2) is 22.7 Å². The predicted molar refractivity (Wildman–Crippen MR) is 108 cm³/mol. The van der Waals surface area contributed by atoms with Gasteiger partial charge in [0.1, 0.15) is 5.01 Å². The van der Waals surface area contributed by atoms with Crippen molar-refractivity contribution in [1.29, 1.82) is 0 Å². The minimum absolute atomic E-state index is 0. The van der Waals surface area contributed by atoms with Crippen molar-refractivity contribution in [2.24, 2.45) is 10.7 Å². The molecule has 1 aromatic heterocycles. The zero-order valence-electron chi connectivity index (χ0n) is 13.8. The van der Waals surface area contributed by atoms with E-state index in [2.05, 4.69) is 45.6 Å². The molecule has 0 aliphatic carbocycles. The molecule has 0 saturated heterocycles. The molecule has 0 unspecified atom stereocenters. The third-order valence-corrected chi connectivity index (χ3v) is 4.43. The van der Waals surface area contributed by atoms with Gasteiger partial charge in [0.05, 0.1) is 0 Å². The second kappa shape index (κ2) is 9.15. The van der Waals surface area contributed by atoms with E-state index in [0.717, 1.165) is 17.0 Å². The molecule has 0 spiro atoms. The number of hydrogen-bond donors (Lipinski definition) is 2. The van der Waals surface area contributed by atoms with Gasteiger partial charge in [-0.25, -0.2) is 0 Å². The minimum Gasteiger partial charge on any atom is -0.370 e. The zero-order valence-corrected chi connectivity index (χ0v) is 15.5. The summed E-state index contributed by atoms with van der Waals surface area (Å²) < 4.78 is 0. The first-order valence-electron chi connectivity index (χ1n) is 7.73. The van der Waals surface area contributed by atoms with Gasteiger partial charge < -0.3 is 11.1 Å². The lowest BCUT2D eigenvalue weighted by Gasteiger charge is -2.02. The van der Waals surface area contributed by atoms with Gasteiger partial charge in [0, 0.05) is 12.1 Å². The van der Waals surface area contributed by atoms with Crippen molar-refractivity contribution in [3.63, 3.8) is 0 Å². The molecule has 0 aliphatic rings. The van der Waals surface area contributed by atoms with E-state index in [1.165, 1.54) is 22.5 Å². The van der Waals surface area contributed by atoms with Gasteiger partial charge in [-0.15, -0.1) is 22.6 Å². The standard InChI is InChI=1S/C18H19N5S.ClH/c1-13-7-5-6-10-15(13)16-22-23-18(24-16)21-17(19)20-12-11-14-8-3-2-4-9-14;/h2-10H,11-12H2,1H3,(H3,19,20,21,23);1H. The maximum absolute atomic E-state index is 5.93. The number of guanidine groups is 1. The molecule has 2 aromatic carbocycles. The van der Waals surface area contributed by atoms with Crippen molar-refractivity contribution in [1.82, 2.24) is 10.2 Å². The molecule has 0 bridgehead atoms. The van der Waals surface area contributed by atoms with E-state index in [-0.39, 0.29) is 12.4 Å². The van der Waals surface area contributed by atoms with E-state index < -0.39 is 0 Å². The van der Waals surface area contributed by atoms with Gasteiger partial charge in [-0.05, 0) is 24.5 Å². The Bertz CT molecular complexity index is 832. The summed E-state index contributed by atoms with van der Waals surface area (Å²) in [4.78, 5) is 4.34. The fourth-order valence-electron chi connectivity index (χ4n) is 2.29. The molecule has 7 heteroatoms. The van der Waals surface area contributed by atoms with Gasteiger partial charge in [0.15, 0.2) is 5.96 Å². The molecule has 0 aliphatic heterocycles. The number of nitrogens with zero attached hydrogens (tertiary/aromatic N) is 3. The molecule has 0 fully saturated rings. The number of hydrogen-bond acceptors (Lipinski definition) is 4. The molecule has 3 N–H and O–H groups in total. The summed E-state index contributed by atoms with van der Waals surface area (Å²) in [6, 6.07) is 18.3. The van der Waals surface area contributed by atoms with E-state index in [0.29, 0.717) is 17.6 Å². The SMILES string of the molecule is Cc1ccccc1-c1nnc(NC(N)=NCCc2ccccc2)s1.Cl. The number of rotatable bonds is 5. The van der Waals surface area contributed by atoms with Crippen LogP contribution >= 0.6 is 23.7 Å². The normalized spacial score (nSPS) is 11.0. The quantitative estimate of drug-likeness (QED) is 0.525. The first-order valence-corrected chi connectivity index (χ1v) is 8.54. The van der Waals surface area contributed by atoms with Gasteiger partial charge in [0.2, 0.25) is 5.13 Å². The van der Waals surface area contributed by atoms with E-state index in [4.69, 9.17) is 5.73 Å². The third kappa shape index (κ3) is 5.27. The summed E-state index contributed by atoms with van der Waals surface area (Å²) in [5, 5.41) is 12.9. The summed E-state index contributed by atoms with van der Waals surface area (Å²) in [6.45, 7) is 2.69. The minimum atomic E-state index is 0. The Labute approximate surface area is 157 Å². The average Bonchev–Trinajstić information content (AvgIpc) is 3.04. The van der Waals surface area contributed by atoms with Crippen LogP contribution in [0.5, 0.6) is 0 Å². The lowest BCUT2D eigenvalue weighted by Crippen LogP contribution is -2.23. The monoisotopic (exact) mass is 373 g/mol. The number of halogens is 1. The number of aryl methyl sites for hydroxylation is 1. The summed E-state index contributed by atoms with van der Waals surface area (Å²) in [5.74, 6) is 0.360. The first kappa shape index (κ1) is 18.9. The van der Waals surface area contributed by atoms with Crippen molar-refractivity contribution in [3.8, 4) is 10.6 Å². The van der Waals surface area contributed by atoms with Crippen LogP contribution in [0.15, 0.2) is 59.6 Å². The van der Waals surface area contributed by atoms with Crippen LogP contribution < -0.4 is 11.1 Å². The summed E-state index contributed by atoms with van der Waals surface area (Å²) in [5.41, 5.74) is 9.42. The molecular weight excluding hydrogens is 354 g/mol. The fraction of sp³-hybridized carbons (Fsp3) is 0.167. The molecule has 3 aromatic rings. The number of benzene rings is 2. The molecule has 5 nitrogen and oxygen atoms in total. The highest BCUT2D eigenvalue weighted by molar-refractivity contribution is 7.18. The first-order chi connectivity index (χ1) is 11.7. The lowest BCUT2D eigenvalue weighted by atomic mass is 10.1. The molecule has 1 heterocycles. The van der Waals surface area contributed by atoms with Crippen molar-refractivity contribution in [3.05, 3.63) is 65.7 Å². The largest absolute Gasteiger partial charge is 0.370 e. The molecule has 25 heavy (non-hydrogen) atoms. The van der Waals surface area contributed by atoms with Gasteiger partial charge >= 0.3 is 0 Å². The van der Waals surface area contributed by atoms with Crippen LogP contribution in [0.2, 0.25) is 0 Å². The van der Waals surface area contributed by atoms with E-state index >= 15 is 0 Å². The molecule has 3 rings (SSSR count). The lowest BCUT2D eigenvalue weighted by molar-refractivity contribution is 0.964. The van der Waals surface area contributed by atoms with Crippen LogP contribution in [0.3, 0.4) is 0 Å². The molecule has 130 valence electrons. The third-order valence-electron chi connectivity index (χ3n) is 3.56. The maximum atomic E-state index is 5.93. The molecule has 0 atom stereocenters. The summed E-state index contributed by atoms with van der Waals surface area (Å²) >= 11 is 1.46. The Morgan fingerprint density at radius 2 is 1.80 bits per heavy atom. The molecule has 0 saturated carbocycles. The highest BCUT2D eigenvalue weighted by atomic mass is 35.5.